The van der Waals surface area contributed by atoms with Gasteiger partial charge in [0.25, 0.3) is 0 Å². The number of aryl methyl sites for hydroxylation is 1. The first-order chi connectivity index (χ1) is 14.4. The van der Waals surface area contributed by atoms with Crippen LogP contribution in [0.4, 0.5) is 0 Å². The zero-order valence-corrected chi connectivity index (χ0v) is 17.5. The summed E-state index contributed by atoms with van der Waals surface area (Å²) in [6, 6.07) is 6.13. The number of hydrogen-bond donors (Lipinski definition) is 0. The van der Waals surface area contributed by atoms with Gasteiger partial charge in [-0.15, -0.1) is 0 Å². The fourth-order valence-electron chi connectivity index (χ4n) is 4.18. The molecule has 0 bridgehead atoms. The highest BCUT2D eigenvalue weighted by atomic mass is 32.2. The first-order valence-electron chi connectivity index (χ1n) is 10.1. The third kappa shape index (κ3) is 3.43. The van der Waals surface area contributed by atoms with Crippen LogP contribution in [-0.2, 0) is 22.9 Å². The van der Waals surface area contributed by atoms with E-state index in [4.69, 9.17) is 0 Å². The van der Waals surface area contributed by atoms with E-state index in [1.807, 2.05) is 22.8 Å². The molecule has 0 spiro atoms. The molecule has 1 aliphatic carbocycles. The van der Waals surface area contributed by atoms with E-state index >= 15 is 0 Å². The number of sulfone groups is 1. The number of pyridine rings is 2. The zero-order chi connectivity index (χ0) is 20.9. The number of imidazole rings is 1. The molecule has 1 saturated carbocycles. The standard InChI is InChI=1S/C21H23N5O3S/c1-30(28,29)10-2-9-24-17(11-15-12-22-7-5-18(15)24)14-25-20-13-23-8-6-19(20)26(21(25)27)16-3-4-16/h5-8,11-13,16H,2-4,9-10,14H2,1H3. The molecule has 0 N–H and O–H groups in total. The van der Waals surface area contributed by atoms with E-state index in [2.05, 4.69) is 14.5 Å². The zero-order valence-electron chi connectivity index (χ0n) is 16.7. The van der Waals surface area contributed by atoms with Crippen molar-refractivity contribution in [2.75, 3.05) is 12.0 Å². The van der Waals surface area contributed by atoms with Crippen molar-refractivity contribution in [2.24, 2.45) is 0 Å². The maximum Gasteiger partial charge on any atom is 0.329 e. The van der Waals surface area contributed by atoms with Gasteiger partial charge in [0.05, 0.1) is 35.0 Å². The lowest BCUT2D eigenvalue weighted by molar-refractivity contribution is 0.587. The highest BCUT2D eigenvalue weighted by molar-refractivity contribution is 7.90. The average Bonchev–Trinajstić information content (AvgIpc) is 3.42. The minimum absolute atomic E-state index is 0.0217. The molecule has 4 heterocycles. The van der Waals surface area contributed by atoms with Gasteiger partial charge in [0.1, 0.15) is 9.84 Å². The summed E-state index contributed by atoms with van der Waals surface area (Å²) in [6.45, 7) is 0.957. The molecule has 1 aliphatic rings. The lowest BCUT2D eigenvalue weighted by Gasteiger charge is -2.11. The van der Waals surface area contributed by atoms with Crippen molar-refractivity contribution >= 4 is 31.8 Å². The van der Waals surface area contributed by atoms with Gasteiger partial charge >= 0.3 is 5.69 Å². The predicted molar refractivity (Wildman–Crippen MR) is 115 cm³/mol. The molecule has 0 atom stereocenters. The Morgan fingerprint density at radius 2 is 1.77 bits per heavy atom. The van der Waals surface area contributed by atoms with Crippen LogP contribution in [0.3, 0.4) is 0 Å². The Morgan fingerprint density at radius 3 is 2.50 bits per heavy atom. The summed E-state index contributed by atoms with van der Waals surface area (Å²) < 4.78 is 28.9. The van der Waals surface area contributed by atoms with Gasteiger partial charge in [0, 0.05) is 48.5 Å². The van der Waals surface area contributed by atoms with E-state index in [1.165, 1.54) is 6.26 Å². The van der Waals surface area contributed by atoms with E-state index in [9.17, 15) is 13.2 Å². The normalized spacial score (nSPS) is 14.7. The van der Waals surface area contributed by atoms with E-state index < -0.39 is 9.84 Å². The van der Waals surface area contributed by atoms with E-state index in [0.717, 1.165) is 40.5 Å². The van der Waals surface area contributed by atoms with E-state index in [-0.39, 0.29) is 17.5 Å². The van der Waals surface area contributed by atoms with Gasteiger partial charge in [0.2, 0.25) is 0 Å². The predicted octanol–water partition coefficient (Wildman–Crippen LogP) is 2.37. The van der Waals surface area contributed by atoms with Crippen LogP contribution in [0.1, 0.15) is 31.0 Å². The number of fused-ring (bicyclic) bond motifs is 2. The second-order valence-corrected chi connectivity index (χ2v) is 10.3. The molecule has 0 aliphatic heterocycles. The van der Waals surface area contributed by atoms with Crippen molar-refractivity contribution in [1.29, 1.82) is 0 Å². The third-order valence-corrected chi connectivity index (χ3v) is 6.71. The third-order valence-electron chi connectivity index (χ3n) is 5.68. The monoisotopic (exact) mass is 425 g/mol. The van der Waals surface area contributed by atoms with Crippen molar-refractivity contribution in [3.8, 4) is 0 Å². The lowest BCUT2D eigenvalue weighted by atomic mass is 10.3. The fourth-order valence-corrected chi connectivity index (χ4v) is 4.83. The molecule has 0 unspecified atom stereocenters. The minimum atomic E-state index is -3.03. The molecule has 4 aromatic rings. The molecule has 0 aromatic carbocycles. The van der Waals surface area contributed by atoms with Crippen LogP contribution in [0, 0.1) is 0 Å². The number of aromatic nitrogens is 5. The molecule has 5 rings (SSSR count). The summed E-state index contributed by atoms with van der Waals surface area (Å²) in [6.07, 6.45) is 10.8. The molecule has 156 valence electrons. The first-order valence-corrected chi connectivity index (χ1v) is 12.1. The topological polar surface area (TPSA) is 91.8 Å². The Morgan fingerprint density at radius 1 is 1.03 bits per heavy atom. The summed E-state index contributed by atoms with van der Waals surface area (Å²) >= 11 is 0. The van der Waals surface area contributed by atoms with Gasteiger partial charge in [-0.05, 0) is 37.5 Å². The second kappa shape index (κ2) is 7.09. The van der Waals surface area contributed by atoms with Crippen molar-refractivity contribution in [2.45, 2.75) is 38.4 Å². The quantitative estimate of drug-likeness (QED) is 0.453. The fraction of sp³-hybridized carbons (Fsp3) is 0.381. The average molecular weight is 426 g/mol. The van der Waals surface area contributed by atoms with E-state index in [1.54, 1.807) is 29.4 Å². The Balaban J connectivity index is 1.58. The Bertz CT molecular complexity index is 1410. The van der Waals surface area contributed by atoms with Crippen LogP contribution in [-0.4, -0.2) is 44.1 Å². The first kappa shape index (κ1) is 19.0. The molecular formula is C21H23N5O3S. The van der Waals surface area contributed by atoms with Crippen LogP contribution in [0.2, 0.25) is 0 Å². The number of rotatable bonds is 7. The maximum atomic E-state index is 13.2. The SMILES string of the molecule is CS(=O)(=O)CCCn1c(Cn2c(=O)n(C3CC3)c3ccncc32)cc2cnccc21. The Labute approximate surface area is 173 Å². The molecule has 30 heavy (non-hydrogen) atoms. The van der Waals surface area contributed by atoms with Gasteiger partial charge in [-0.25, -0.2) is 13.2 Å². The van der Waals surface area contributed by atoms with Crippen LogP contribution < -0.4 is 5.69 Å². The van der Waals surface area contributed by atoms with Crippen LogP contribution >= 0.6 is 0 Å². The van der Waals surface area contributed by atoms with E-state index in [0.29, 0.717) is 19.5 Å². The molecule has 0 amide bonds. The molecular weight excluding hydrogens is 402 g/mol. The summed E-state index contributed by atoms with van der Waals surface area (Å²) in [5, 5.41) is 0.976. The van der Waals surface area contributed by atoms with Gasteiger partial charge in [-0.2, -0.15) is 0 Å². The summed E-state index contributed by atoms with van der Waals surface area (Å²) in [5.74, 6) is 0.127. The van der Waals surface area contributed by atoms with Crippen molar-refractivity contribution in [3.05, 3.63) is 59.2 Å². The molecule has 0 radical (unpaired) electrons. The van der Waals surface area contributed by atoms with Crippen LogP contribution in [0.15, 0.2) is 47.8 Å². The molecule has 1 fully saturated rings. The molecule has 9 heteroatoms. The Hall–Kier alpha value is -2.94. The largest absolute Gasteiger partial charge is 0.343 e. The number of hydrogen-bond acceptors (Lipinski definition) is 5. The second-order valence-electron chi connectivity index (χ2n) is 8.04. The Kier molecular flexibility index (Phi) is 4.50. The molecule has 4 aromatic heterocycles. The molecule has 8 nitrogen and oxygen atoms in total. The summed E-state index contributed by atoms with van der Waals surface area (Å²) in [5.41, 5.74) is 3.66. The van der Waals surface area contributed by atoms with Gasteiger partial charge < -0.3 is 4.57 Å². The number of nitrogens with zero attached hydrogens (tertiary/aromatic N) is 5. The lowest BCUT2D eigenvalue weighted by Crippen LogP contribution is -2.25. The highest BCUT2D eigenvalue weighted by Gasteiger charge is 2.29. The van der Waals surface area contributed by atoms with Crippen molar-refractivity contribution in [1.82, 2.24) is 23.7 Å². The van der Waals surface area contributed by atoms with Crippen LogP contribution in [0.5, 0.6) is 0 Å². The van der Waals surface area contributed by atoms with Crippen LogP contribution in [0.25, 0.3) is 21.9 Å². The summed E-state index contributed by atoms with van der Waals surface area (Å²) in [7, 11) is -3.03. The smallest absolute Gasteiger partial charge is 0.329 e. The highest BCUT2D eigenvalue weighted by Crippen LogP contribution is 2.36. The summed E-state index contributed by atoms with van der Waals surface area (Å²) in [4.78, 5) is 21.7. The van der Waals surface area contributed by atoms with Gasteiger partial charge in [-0.3, -0.25) is 19.1 Å². The van der Waals surface area contributed by atoms with Gasteiger partial charge in [0.15, 0.2) is 0 Å². The maximum absolute atomic E-state index is 13.2. The van der Waals surface area contributed by atoms with Crippen molar-refractivity contribution < 1.29 is 8.42 Å². The van der Waals surface area contributed by atoms with Crippen molar-refractivity contribution in [3.63, 3.8) is 0 Å². The van der Waals surface area contributed by atoms with Gasteiger partial charge in [-0.1, -0.05) is 0 Å². The molecule has 0 saturated heterocycles. The minimum Gasteiger partial charge on any atom is -0.343 e.